The van der Waals surface area contributed by atoms with Crippen LogP contribution in [0.1, 0.15) is 15.9 Å². The maximum atomic E-state index is 12.2. The number of carbonyl (C=O) groups is 1. The zero-order valence-corrected chi connectivity index (χ0v) is 15.2. The Labute approximate surface area is 153 Å². The lowest BCUT2D eigenvalue weighted by Crippen LogP contribution is -2.44. The molecule has 0 radical (unpaired) electrons. The number of aromatic nitrogens is 1. The lowest BCUT2D eigenvalue weighted by Gasteiger charge is -2.33. The maximum Gasteiger partial charge on any atom is 0.252 e. The molecule has 0 unspecified atom stereocenters. The highest BCUT2D eigenvalue weighted by Gasteiger charge is 2.15. The first-order valence-electron chi connectivity index (χ1n) is 8.54. The van der Waals surface area contributed by atoms with Crippen LogP contribution in [0.3, 0.4) is 0 Å². The Balaban J connectivity index is 1.50. The number of hydrogen-bond donors (Lipinski definition) is 1. The van der Waals surface area contributed by atoms with Crippen LogP contribution in [0.15, 0.2) is 42.6 Å². The minimum absolute atomic E-state index is 0.0977. The van der Waals surface area contributed by atoms with E-state index in [1.807, 2.05) is 36.4 Å². The third kappa shape index (κ3) is 4.94. The predicted octanol–water partition coefficient (Wildman–Crippen LogP) is 2.46. The Morgan fingerprint density at radius 2 is 2.00 bits per heavy atom. The van der Waals surface area contributed by atoms with Crippen LogP contribution in [0.2, 0.25) is 5.02 Å². The van der Waals surface area contributed by atoms with Gasteiger partial charge in [0.1, 0.15) is 5.82 Å². The largest absolute Gasteiger partial charge is 0.354 e. The lowest BCUT2D eigenvalue weighted by atomic mass is 10.1. The van der Waals surface area contributed by atoms with Gasteiger partial charge in [-0.1, -0.05) is 23.7 Å². The van der Waals surface area contributed by atoms with Gasteiger partial charge in [0.15, 0.2) is 0 Å². The van der Waals surface area contributed by atoms with Crippen molar-refractivity contribution in [2.24, 2.45) is 0 Å². The number of nitrogens with zero attached hydrogens (tertiary/aromatic N) is 3. The van der Waals surface area contributed by atoms with Gasteiger partial charge in [0.05, 0.1) is 5.56 Å². The summed E-state index contributed by atoms with van der Waals surface area (Å²) in [6, 6.07) is 11.5. The minimum Gasteiger partial charge on any atom is -0.354 e. The number of anilines is 1. The Hall–Kier alpha value is -2.11. The number of piperazine rings is 1. The number of nitrogens with one attached hydrogen (secondary N) is 1. The van der Waals surface area contributed by atoms with Crippen LogP contribution in [0, 0.1) is 0 Å². The van der Waals surface area contributed by atoms with Gasteiger partial charge in [0.25, 0.3) is 5.91 Å². The molecule has 0 atom stereocenters. The van der Waals surface area contributed by atoms with Crippen LogP contribution in [0.5, 0.6) is 0 Å². The molecule has 2 aromatic rings. The van der Waals surface area contributed by atoms with Crippen molar-refractivity contribution in [3.8, 4) is 0 Å². The smallest absolute Gasteiger partial charge is 0.252 e. The second-order valence-electron chi connectivity index (χ2n) is 6.33. The highest BCUT2D eigenvalue weighted by Crippen LogP contribution is 2.14. The van der Waals surface area contributed by atoms with Crippen molar-refractivity contribution in [2.45, 2.75) is 6.42 Å². The molecule has 1 aromatic carbocycles. The van der Waals surface area contributed by atoms with Gasteiger partial charge in [0.2, 0.25) is 0 Å². The quantitative estimate of drug-likeness (QED) is 0.892. The zero-order valence-electron chi connectivity index (χ0n) is 14.4. The third-order valence-electron chi connectivity index (χ3n) is 4.43. The molecule has 1 aromatic heterocycles. The molecule has 0 bridgehead atoms. The van der Waals surface area contributed by atoms with Crippen molar-refractivity contribution in [3.63, 3.8) is 0 Å². The van der Waals surface area contributed by atoms with Crippen LogP contribution in [0.25, 0.3) is 0 Å². The van der Waals surface area contributed by atoms with E-state index in [0.717, 1.165) is 44.0 Å². The van der Waals surface area contributed by atoms with Crippen LogP contribution < -0.4 is 10.2 Å². The standard InChI is InChI=1S/C19H23ClN4O/c1-23-9-11-24(12-10-23)18-6-5-16(14-22-18)19(25)21-8-7-15-3-2-4-17(20)13-15/h2-6,13-14H,7-12H2,1H3,(H,21,25). The zero-order chi connectivity index (χ0) is 17.6. The number of hydrogen-bond acceptors (Lipinski definition) is 4. The fourth-order valence-electron chi connectivity index (χ4n) is 2.86. The van der Waals surface area contributed by atoms with Crippen molar-refractivity contribution >= 4 is 23.3 Å². The van der Waals surface area contributed by atoms with Gasteiger partial charge in [-0.3, -0.25) is 4.79 Å². The molecule has 2 heterocycles. The molecule has 1 aliphatic heterocycles. The Bertz CT molecular complexity index is 712. The summed E-state index contributed by atoms with van der Waals surface area (Å²) in [4.78, 5) is 21.2. The molecule has 3 rings (SSSR count). The normalized spacial score (nSPS) is 15.2. The topological polar surface area (TPSA) is 48.5 Å². The highest BCUT2D eigenvalue weighted by atomic mass is 35.5. The van der Waals surface area contributed by atoms with Crippen molar-refractivity contribution in [1.29, 1.82) is 0 Å². The Kier molecular flexibility index (Phi) is 5.89. The minimum atomic E-state index is -0.0977. The summed E-state index contributed by atoms with van der Waals surface area (Å²) in [5.74, 6) is 0.836. The second kappa shape index (κ2) is 8.32. The molecule has 0 aliphatic carbocycles. The summed E-state index contributed by atoms with van der Waals surface area (Å²) in [6.07, 6.45) is 2.40. The fourth-order valence-corrected chi connectivity index (χ4v) is 3.07. The van der Waals surface area contributed by atoms with Gasteiger partial charge in [-0.25, -0.2) is 4.98 Å². The lowest BCUT2D eigenvalue weighted by molar-refractivity contribution is 0.0954. The van der Waals surface area contributed by atoms with E-state index in [1.54, 1.807) is 6.20 Å². The number of pyridine rings is 1. The first-order valence-corrected chi connectivity index (χ1v) is 8.92. The first-order chi connectivity index (χ1) is 12.1. The summed E-state index contributed by atoms with van der Waals surface area (Å²) in [7, 11) is 2.13. The molecule has 1 N–H and O–H groups in total. The SMILES string of the molecule is CN1CCN(c2ccc(C(=O)NCCc3cccc(Cl)c3)cn2)CC1. The van der Waals surface area contributed by atoms with E-state index < -0.39 is 0 Å². The van der Waals surface area contributed by atoms with E-state index in [1.165, 1.54) is 0 Å². The molecule has 1 amide bonds. The van der Waals surface area contributed by atoms with Gasteiger partial charge in [0, 0.05) is 43.9 Å². The van der Waals surface area contributed by atoms with Crippen LogP contribution in [-0.4, -0.2) is 55.6 Å². The predicted molar refractivity (Wildman–Crippen MR) is 101 cm³/mol. The van der Waals surface area contributed by atoms with E-state index in [4.69, 9.17) is 11.6 Å². The Morgan fingerprint density at radius 1 is 1.20 bits per heavy atom. The van der Waals surface area contributed by atoms with Gasteiger partial charge in [-0.2, -0.15) is 0 Å². The Morgan fingerprint density at radius 3 is 2.68 bits per heavy atom. The molecule has 1 fully saturated rings. The number of benzene rings is 1. The van der Waals surface area contributed by atoms with E-state index >= 15 is 0 Å². The molecule has 25 heavy (non-hydrogen) atoms. The fraction of sp³-hybridized carbons (Fsp3) is 0.368. The molecule has 0 saturated carbocycles. The number of carbonyl (C=O) groups excluding carboxylic acids is 1. The van der Waals surface area contributed by atoms with E-state index in [9.17, 15) is 4.79 Å². The van der Waals surface area contributed by atoms with Crippen LogP contribution in [0.4, 0.5) is 5.82 Å². The molecular formula is C19H23ClN4O. The molecule has 1 aliphatic rings. The number of rotatable bonds is 5. The van der Waals surface area contributed by atoms with Crippen molar-refractivity contribution < 1.29 is 4.79 Å². The van der Waals surface area contributed by atoms with Crippen molar-refractivity contribution in [3.05, 3.63) is 58.7 Å². The summed E-state index contributed by atoms with van der Waals surface area (Å²) in [5, 5.41) is 3.64. The van der Waals surface area contributed by atoms with Gasteiger partial charge < -0.3 is 15.1 Å². The van der Waals surface area contributed by atoms with Gasteiger partial charge >= 0.3 is 0 Å². The maximum absolute atomic E-state index is 12.2. The molecule has 132 valence electrons. The van der Waals surface area contributed by atoms with E-state index in [0.29, 0.717) is 17.1 Å². The van der Waals surface area contributed by atoms with Crippen molar-refractivity contribution in [2.75, 3.05) is 44.7 Å². The average molecular weight is 359 g/mol. The molecular weight excluding hydrogens is 336 g/mol. The molecule has 1 saturated heterocycles. The van der Waals surface area contributed by atoms with Crippen molar-refractivity contribution in [1.82, 2.24) is 15.2 Å². The summed E-state index contributed by atoms with van der Waals surface area (Å²) < 4.78 is 0. The molecule has 5 nitrogen and oxygen atoms in total. The first kappa shape index (κ1) is 17.7. The number of halogens is 1. The summed E-state index contributed by atoms with van der Waals surface area (Å²) >= 11 is 5.97. The summed E-state index contributed by atoms with van der Waals surface area (Å²) in [6.45, 7) is 4.57. The highest BCUT2D eigenvalue weighted by molar-refractivity contribution is 6.30. The van der Waals surface area contributed by atoms with Crippen LogP contribution in [-0.2, 0) is 6.42 Å². The van der Waals surface area contributed by atoms with Gasteiger partial charge in [-0.05, 0) is 43.3 Å². The average Bonchev–Trinajstić information content (AvgIpc) is 2.62. The van der Waals surface area contributed by atoms with E-state index in [-0.39, 0.29) is 5.91 Å². The van der Waals surface area contributed by atoms with E-state index in [2.05, 4.69) is 27.1 Å². The molecule has 0 spiro atoms. The number of likely N-dealkylation sites (N-methyl/N-ethyl adjacent to an activating group) is 1. The van der Waals surface area contributed by atoms with Gasteiger partial charge in [-0.15, -0.1) is 0 Å². The monoisotopic (exact) mass is 358 g/mol. The number of amides is 1. The molecule has 6 heteroatoms. The second-order valence-corrected chi connectivity index (χ2v) is 6.77. The third-order valence-corrected chi connectivity index (χ3v) is 4.66. The van der Waals surface area contributed by atoms with Crippen LogP contribution >= 0.6 is 11.6 Å². The summed E-state index contributed by atoms with van der Waals surface area (Å²) in [5.41, 5.74) is 1.69.